The van der Waals surface area contributed by atoms with E-state index in [1.54, 1.807) is 0 Å². The van der Waals surface area contributed by atoms with Crippen LogP contribution in [0.3, 0.4) is 0 Å². The van der Waals surface area contributed by atoms with Crippen LogP contribution in [0.1, 0.15) is 12.8 Å². The molecule has 1 heterocycles. The lowest BCUT2D eigenvalue weighted by Gasteiger charge is -2.19. The third kappa shape index (κ3) is 4.96. The molecule has 1 N–H and O–H groups in total. The van der Waals surface area contributed by atoms with E-state index in [2.05, 4.69) is 26.1 Å². The van der Waals surface area contributed by atoms with Gasteiger partial charge < -0.3 is 15.0 Å². The average molecular weight is 313 g/mol. The highest BCUT2D eigenvalue weighted by Crippen LogP contribution is 2.17. The molecular formula is C14H21BrN2O. The molecule has 0 saturated carbocycles. The molecule has 1 aromatic carbocycles. The Morgan fingerprint density at radius 3 is 3.11 bits per heavy atom. The molecule has 1 saturated heterocycles. The zero-order valence-corrected chi connectivity index (χ0v) is 12.3. The second-order valence-corrected chi connectivity index (χ2v) is 5.52. The summed E-state index contributed by atoms with van der Waals surface area (Å²) in [6.07, 6.45) is 2.35. The smallest absolute Gasteiger partial charge is 0.120 e. The first-order valence-corrected chi connectivity index (χ1v) is 7.45. The van der Waals surface area contributed by atoms with Gasteiger partial charge in [-0.15, -0.1) is 0 Å². The van der Waals surface area contributed by atoms with Gasteiger partial charge in [-0.05, 0) is 44.1 Å². The number of benzene rings is 1. The quantitative estimate of drug-likeness (QED) is 0.846. The van der Waals surface area contributed by atoms with E-state index in [1.807, 2.05) is 24.3 Å². The first-order valence-electron chi connectivity index (χ1n) is 6.66. The number of ether oxygens (including phenoxy) is 1. The van der Waals surface area contributed by atoms with Gasteiger partial charge in [0, 0.05) is 24.1 Å². The van der Waals surface area contributed by atoms with Crippen molar-refractivity contribution in [2.75, 3.05) is 39.3 Å². The van der Waals surface area contributed by atoms with Crippen LogP contribution < -0.4 is 10.1 Å². The maximum Gasteiger partial charge on any atom is 0.120 e. The lowest BCUT2D eigenvalue weighted by molar-refractivity contribution is 0.244. The van der Waals surface area contributed by atoms with Crippen LogP contribution in [-0.4, -0.2) is 44.2 Å². The predicted molar refractivity (Wildman–Crippen MR) is 78.2 cm³/mol. The van der Waals surface area contributed by atoms with Crippen LogP contribution in [-0.2, 0) is 0 Å². The standard InChI is InChI=1S/C14H21BrN2O/c15-13-4-1-5-14(12-13)18-11-3-9-17-8-2-6-16-7-10-17/h1,4-5,12,16H,2-3,6-11H2. The van der Waals surface area contributed by atoms with Gasteiger partial charge in [-0.1, -0.05) is 22.0 Å². The van der Waals surface area contributed by atoms with Crippen LogP contribution in [0.5, 0.6) is 5.75 Å². The van der Waals surface area contributed by atoms with Gasteiger partial charge >= 0.3 is 0 Å². The fourth-order valence-electron chi connectivity index (χ4n) is 2.16. The Balaban J connectivity index is 1.63. The maximum absolute atomic E-state index is 5.74. The highest BCUT2D eigenvalue weighted by Gasteiger charge is 2.07. The molecule has 0 bridgehead atoms. The lowest BCUT2D eigenvalue weighted by atomic mass is 10.3. The van der Waals surface area contributed by atoms with Crippen molar-refractivity contribution in [1.82, 2.24) is 10.2 Å². The Kier molecular flexibility index (Phi) is 5.97. The number of rotatable bonds is 5. The normalized spacial score (nSPS) is 17.4. The minimum Gasteiger partial charge on any atom is -0.494 e. The molecule has 0 spiro atoms. The highest BCUT2D eigenvalue weighted by atomic mass is 79.9. The Labute approximate surface area is 118 Å². The number of halogens is 1. The number of hydrogen-bond donors (Lipinski definition) is 1. The van der Waals surface area contributed by atoms with Gasteiger partial charge in [0.2, 0.25) is 0 Å². The van der Waals surface area contributed by atoms with Gasteiger partial charge in [-0.25, -0.2) is 0 Å². The molecule has 0 unspecified atom stereocenters. The van der Waals surface area contributed by atoms with Crippen molar-refractivity contribution in [3.8, 4) is 5.75 Å². The minimum absolute atomic E-state index is 0.792. The maximum atomic E-state index is 5.74. The number of nitrogens with one attached hydrogen (secondary N) is 1. The second kappa shape index (κ2) is 7.77. The van der Waals surface area contributed by atoms with Crippen LogP contribution in [0.2, 0.25) is 0 Å². The molecule has 3 nitrogen and oxygen atoms in total. The third-order valence-electron chi connectivity index (χ3n) is 3.12. The molecule has 0 radical (unpaired) electrons. The summed E-state index contributed by atoms with van der Waals surface area (Å²) in [5.74, 6) is 0.946. The molecule has 100 valence electrons. The van der Waals surface area contributed by atoms with Crippen LogP contribution >= 0.6 is 15.9 Å². The van der Waals surface area contributed by atoms with E-state index < -0.39 is 0 Å². The van der Waals surface area contributed by atoms with Gasteiger partial charge in [-0.2, -0.15) is 0 Å². The van der Waals surface area contributed by atoms with Gasteiger partial charge in [0.25, 0.3) is 0 Å². The van der Waals surface area contributed by atoms with E-state index in [-0.39, 0.29) is 0 Å². The zero-order chi connectivity index (χ0) is 12.6. The second-order valence-electron chi connectivity index (χ2n) is 4.60. The molecule has 1 aliphatic heterocycles. The van der Waals surface area contributed by atoms with Crippen LogP contribution in [0, 0.1) is 0 Å². The molecule has 0 amide bonds. The van der Waals surface area contributed by atoms with E-state index in [1.165, 1.54) is 13.0 Å². The molecule has 1 aliphatic rings. The summed E-state index contributed by atoms with van der Waals surface area (Å²) in [5, 5.41) is 3.42. The van der Waals surface area contributed by atoms with Crippen molar-refractivity contribution >= 4 is 15.9 Å². The van der Waals surface area contributed by atoms with Crippen molar-refractivity contribution in [1.29, 1.82) is 0 Å². The van der Waals surface area contributed by atoms with E-state index >= 15 is 0 Å². The Hall–Kier alpha value is -0.580. The molecule has 18 heavy (non-hydrogen) atoms. The fourth-order valence-corrected chi connectivity index (χ4v) is 2.54. The van der Waals surface area contributed by atoms with Gasteiger partial charge in [0.15, 0.2) is 0 Å². The SMILES string of the molecule is Brc1cccc(OCCCN2CCCNCC2)c1. The molecule has 1 aromatic rings. The largest absolute Gasteiger partial charge is 0.494 e. The Bertz CT molecular complexity index is 351. The van der Waals surface area contributed by atoms with Crippen LogP contribution in [0.25, 0.3) is 0 Å². The van der Waals surface area contributed by atoms with E-state index in [0.717, 1.165) is 49.4 Å². The van der Waals surface area contributed by atoms with Gasteiger partial charge in [0.05, 0.1) is 6.61 Å². The molecular weight excluding hydrogens is 292 g/mol. The molecule has 0 aliphatic carbocycles. The van der Waals surface area contributed by atoms with Crippen molar-refractivity contribution in [3.63, 3.8) is 0 Å². The van der Waals surface area contributed by atoms with E-state index in [9.17, 15) is 0 Å². The number of nitrogens with zero attached hydrogens (tertiary/aromatic N) is 1. The molecule has 2 rings (SSSR count). The average Bonchev–Trinajstić information content (AvgIpc) is 2.63. The van der Waals surface area contributed by atoms with Gasteiger partial charge in [-0.3, -0.25) is 0 Å². The van der Waals surface area contributed by atoms with Crippen molar-refractivity contribution in [2.45, 2.75) is 12.8 Å². The summed E-state index contributed by atoms with van der Waals surface area (Å²) in [7, 11) is 0. The van der Waals surface area contributed by atoms with Crippen LogP contribution in [0.15, 0.2) is 28.7 Å². The van der Waals surface area contributed by atoms with Gasteiger partial charge in [0.1, 0.15) is 5.75 Å². The summed E-state index contributed by atoms with van der Waals surface area (Å²) in [5.41, 5.74) is 0. The lowest BCUT2D eigenvalue weighted by Crippen LogP contribution is -2.29. The first kappa shape index (κ1) is 13.8. The predicted octanol–water partition coefficient (Wildman–Crippen LogP) is 2.51. The summed E-state index contributed by atoms with van der Waals surface area (Å²) in [6, 6.07) is 8.02. The minimum atomic E-state index is 0.792. The fraction of sp³-hybridized carbons (Fsp3) is 0.571. The van der Waals surface area contributed by atoms with Crippen molar-refractivity contribution in [2.24, 2.45) is 0 Å². The summed E-state index contributed by atoms with van der Waals surface area (Å²) < 4.78 is 6.80. The molecule has 1 fully saturated rings. The molecule has 0 aromatic heterocycles. The van der Waals surface area contributed by atoms with E-state index in [0.29, 0.717) is 0 Å². The Morgan fingerprint density at radius 1 is 1.28 bits per heavy atom. The monoisotopic (exact) mass is 312 g/mol. The highest BCUT2D eigenvalue weighted by molar-refractivity contribution is 9.10. The number of hydrogen-bond acceptors (Lipinski definition) is 3. The summed E-state index contributed by atoms with van der Waals surface area (Å²) in [6.45, 7) is 6.58. The first-order chi connectivity index (χ1) is 8.84. The Morgan fingerprint density at radius 2 is 2.22 bits per heavy atom. The van der Waals surface area contributed by atoms with Crippen molar-refractivity contribution < 1.29 is 4.74 Å². The van der Waals surface area contributed by atoms with Crippen LogP contribution in [0.4, 0.5) is 0 Å². The zero-order valence-electron chi connectivity index (χ0n) is 10.7. The van der Waals surface area contributed by atoms with E-state index in [4.69, 9.17) is 4.74 Å². The molecule has 4 heteroatoms. The third-order valence-corrected chi connectivity index (χ3v) is 3.61. The summed E-state index contributed by atoms with van der Waals surface area (Å²) in [4.78, 5) is 2.52. The van der Waals surface area contributed by atoms with Crippen molar-refractivity contribution in [3.05, 3.63) is 28.7 Å². The molecule has 0 atom stereocenters. The summed E-state index contributed by atoms with van der Waals surface area (Å²) >= 11 is 3.45. The topological polar surface area (TPSA) is 24.5 Å².